The van der Waals surface area contributed by atoms with Crippen LogP contribution in [-0.4, -0.2) is 76.4 Å². The minimum Gasteiger partial charge on any atom is -0.464 e. The fourth-order valence-electron chi connectivity index (χ4n) is 3.93. The molecular weight excluding hydrogens is 426 g/mol. The van der Waals surface area contributed by atoms with Gasteiger partial charge in [0.1, 0.15) is 17.3 Å². The van der Waals surface area contributed by atoms with E-state index in [2.05, 4.69) is 21.2 Å². The summed E-state index contributed by atoms with van der Waals surface area (Å²) < 4.78 is 5.30. The van der Waals surface area contributed by atoms with Gasteiger partial charge in [-0.2, -0.15) is 0 Å². The van der Waals surface area contributed by atoms with Gasteiger partial charge >= 0.3 is 12.2 Å². The van der Waals surface area contributed by atoms with Gasteiger partial charge in [0.2, 0.25) is 5.62 Å². The summed E-state index contributed by atoms with van der Waals surface area (Å²) in [6, 6.07) is 0. The Kier molecular flexibility index (Phi) is 7.60. The van der Waals surface area contributed by atoms with E-state index < -0.39 is 23.4 Å². The topological polar surface area (TPSA) is 131 Å². The average Bonchev–Trinajstić information content (AvgIpc) is 2.69. The highest BCUT2D eigenvalue weighted by molar-refractivity contribution is 6.23. The number of rotatable bonds is 4. The molecule has 2 fully saturated rings. The molecule has 11 nitrogen and oxygen atoms in total. The number of carbonyl (C=O) groups excluding carboxylic acids is 1. The molecule has 0 aromatic rings. The van der Waals surface area contributed by atoms with Crippen LogP contribution in [0.4, 0.5) is 9.59 Å². The predicted molar refractivity (Wildman–Crippen MR) is 117 cm³/mol. The molecule has 3 aliphatic heterocycles. The molecule has 31 heavy (non-hydrogen) atoms. The van der Waals surface area contributed by atoms with Crippen LogP contribution in [0.3, 0.4) is 0 Å². The Bertz CT molecular complexity index is 725. The molecule has 0 aromatic carbocycles. The van der Waals surface area contributed by atoms with E-state index in [9.17, 15) is 14.7 Å². The number of nitrogens with one attached hydrogen (secondary N) is 3. The molecule has 0 radical (unpaired) electrons. The maximum Gasteiger partial charge on any atom is 0.423 e. The third-order valence-corrected chi connectivity index (χ3v) is 5.65. The van der Waals surface area contributed by atoms with Crippen molar-refractivity contribution in [1.29, 1.82) is 0 Å². The van der Waals surface area contributed by atoms with Gasteiger partial charge in [0.15, 0.2) is 0 Å². The largest absolute Gasteiger partial charge is 0.464 e. The summed E-state index contributed by atoms with van der Waals surface area (Å²) in [6.45, 7) is 8.39. The second kappa shape index (κ2) is 10.0. The molecule has 3 rings (SSSR count). The van der Waals surface area contributed by atoms with E-state index >= 15 is 0 Å². The molecule has 1 atom stereocenters. The number of aliphatic imine (C=N–C) groups is 2. The van der Waals surface area contributed by atoms with E-state index in [0.29, 0.717) is 37.6 Å². The molecule has 12 heteroatoms. The van der Waals surface area contributed by atoms with Crippen LogP contribution in [0, 0.1) is 11.8 Å². The highest BCUT2D eigenvalue weighted by atomic mass is 35.5. The first-order chi connectivity index (χ1) is 14.6. The lowest BCUT2D eigenvalue weighted by molar-refractivity contribution is 0.0279. The third kappa shape index (κ3) is 6.68. The molecule has 174 valence electrons. The number of hydrazine groups is 2. The highest BCUT2D eigenvalue weighted by Gasteiger charge is 2.36. The maximum absolute atomic E-state index is 12.0. The molecule has 1 unspecified atom stereocenters. The van der Waals surface area contributed by atoms with Crippen LogP contribution in [-0.2, 0) is 4.74 Å². The van der Waals surface area contributed by atoms with E-state index in [0.717, 1.165) is 25.9 Å². The number of halogens is 1. The number of carbonyl (C=O) groups is 2. The number of piperidine rings is 2. The quantitative estimate of drug-likeness (QED) is 0.375. The van der Waals surface area contributed by atoms with Gasteiger partial charge in [-0.05, 0) is 59.5 Å². The number of amides is 2. The van der Waals surface area contributed by atoms with Crippen molar-refractivity contribution in [1.82, 2.24) is 26.2 Å². The summed E-state index contributed by atoms with van der Waals surface area (Å²) in [5.41, 5.74) is 3.65. The van der Waals surface area contributed by atoms with Gasteiger partial charge in [-0.15, -0.1) is 0 Å². The van der Waals surface area contributed by atoms with E-state index in [1.54, 1.807) is 0 Å². The van der Waals surface area contributed by atoms with Crippen LogP contribution in [0.5, 0.6) is 0 Å². The lowest BCUT2D eigenvalue weighted by atomic mass is 9.94. The van der Waals surface area contributed by atoms with Crippen molar-refractivity contribution >= 4 is 35.5 Å². The van der Waals surface area contributed by atoms with Crippen LogP contribution in [0.15, 0.2) is 9.98 Å². The van der Waals surface area contributed by atoms with Crippen molar-refractivity contribution in [3.05, 3.63) is 0 Å². The first-order valence-electron chi connectivity index (χ1n) is 10.7. The number of carboxylic acid groups (broad SMARTS) is 1. The van der Waals surface area contributed by atoms with Gasteiger partial charge < -0.3 is 15.2 Å². The Hall–Kier alpha value is -2.11. The zero-order chi connectivity index (χ0) is 22.6. The van der Waals surface area contributed by atoms with Crippen LogP contribution in [0.1, 0.15) is 46.5 Å². The van der Waals surface area contributed by atoms with E-state index in [1.807, 2.05) is 25.8 Å². The monoisotopic (exact) mass is 457 g/mol. The van der Waals surface area contributed by atoms with Gasteiger partial charge in [0.05, 0.1) is 0 Å². The maximum atomic E-state index is 12.0. The molecule has 0 spiro atoms. The molecule has 0 bridgehead atoms. The first kappa shape index (κ1) is 23.6. The van der Waals surface area contributed by atoms with Gasteiger partial charge in [0.25, 0.3) is 0 Å². The van der Waals surface area contributed by atoms with Crippen molar-refractivity contribution < 1.29 is 19.4 Å². The molecule has 2 amide bonds. The third-order valence-electron chi connectivity index (χ3n) is 5.36. The molecule has 0 saturated carbocycles. The Morgan fingerprint density at radius 2 is 1.77 bits per heavy atom. The number of hydrogen-bond donors (Lipinski definition) is 4. The van der Waals surface area contributed by atoms with Gasteiger partial charge in [-0.1, -0.05) is 11.6 Å². The predicted octanol–water partition coefficient (Wildman–Crippen LogP) is 1.96. The minimum atomic E-state index is -1.22. The van der Waals surface area contributed by atoms with Gasteiger partial charge in [-0.25, -0.2) is 35.0 Å². The Morgan fingerprint density at radius 1 is 1.13 bits per heavy atom. The van der Waals surface area contributed by atoms with Crippen molar-refractivity contribution in [2.24, 2.45) is 21.8 Å². The number of alkyl halides is 1. The van der Waals surface area contributed by atoms with Crippen LogP contribution >= 0.6 is 11.6 Å². The van der Waals surface area contributed by atoms with Crippen molar-refractivity contribution in [3.8, 4) is 0 Å². The lowest BCUT2D eigenvalue weighted by Crippen LogP contribution is -2.56. The first-order valence-corrected chi connectivity index (χ1v) is 11.1. The number of hydrogen-bond acceptors (Lipinski definition) is 8. The zero-order valence-electron chi connectivity index (χ0n) is 18.2. The SMILES string of the molecule is CC(C)(C)OC(=O)NN1CCC(C2=NC(C3CCNCC3)=NC(Cl)N2NC(=O)O)CC1. The summed E-state index contributed by atoms with van der Waals surface area (Å²) in [5, 5.41) is 15.7. The number of ether oxygens (including phenoxy) is 1. The second-order valence-corrected chi connectivity index (χ2v) is 9.34. The summed E-state index contributed by atoms with van der Waals surface area (Å²) in [4.78, 5) is 32.6. The molecular formula is C19H32ClN7O4. The molecule has 0 aromatic heterocycles. The normalized spacial score (nSPS) is 24.3. The van der Waals surface area contributed by atoms with Gasteiger partial charge in [-0.3, -0.25) is 5.43 Å². The van der Waals surface area contributed by atoms with E-state index in [4.69, 9.17) is 21.3 Å². The smallest absolute Gasteiger partial charge is 0.423 e. The summed E-state index contributed by atoms with van der Waals surface area (Å²) >= 11 is 6.45. The van der Waals surface area contributed by atoms with Crippen LogP contribution in [0.2, 0.25) is 0 Å². The number of amidine groups is 2. The van der Waals surface area contributed by atoms with Crippen molar-refractivity contribution in [3.63, 3.8) is 0 Å². The fourth-order valence-corrected chi connectivity index (χ4v) is 4.18. The average molecular weight is 458 g/mol. The standard InChI is InChI=1S/C19H32ClN7O4/c1-19(2,3)31-18(30)25-26-10-6-13(7-11-26)15-22-14(12-4-8-21-9-5-12)23-16(20)27(15)24-17(28)29/h12-13,16,21,24H,4-11H2,1-3H3,(H,25,30)(H,28,29). The summed E-state index contributed by atoms with van der Waals surface area (Å²) in [7, 11) is 0. The van der Waals surface area contributed by atoms with E-state index in [1.165, 1.54) is 5.01 Å². The number of nitrogens with zero attached hydrogens (tertiary/aromatic N) is 4. The zero-order valence-corrected chi connectivity index (χ0v) is 19.0. The second-order valence-electron chi connectivity index (χ2n) is 8.95. The van der Waals surface area contributed by atoms with Crippen LogP contribution in [0.25, 0.3) is 0 Å². The van der Waals surface area contributed by atoms with Gasteiger partial charge in [0, 0.05) is 24.9 Å². The molecule has 0 aliphatic carbocycles. The van der Waals surface area contributed by atoms with Crippen molar-refractivity contribution in [2.75, 3.05) is 26.2 Å². The lowest BCUT2D eigenvalue weighted by Gasteiger charge is -2.39. The molecule has 3 aliphatic rings. The summed E-state index contributed by atoms with van der Waals surface area (Å²) in [5.74, 6) is 1.47. The Balaban J connectivity index is 1.67. The summed E-state index contributed by atoms with van der Waals surface area (Å²) in [6.07, 6.45) is 1.48. The van der Waals surface area contributed by atoms with Crippen molar-refractivity contribution in [2.45, 2.75) is 57.7 Å². The van der Waals surface area contributed by atoms with E-state index in [-0.39, 0.29) is 11.8 Å². The van der Waals surface area contributed by atoms with Crippen LogP contribution < -0.4 is 16.2 Å². The molecule has 2 saturated heterocycles. The minimum absolute atomic E-state index is 0.0167. The Labute approximate surface area is 187 Å². The fraction of sp³-hybridized carbons (Fsp3) is 0.789. The molecule has 4 N–H and O–H groups in total. The molecule has 3 heterocycles. The highest BCUT2D eigenvalue weighted by Crippen LogP contribution is 2.27. The Morgan fingerprint density at radius 3 is 2.35 bits per heavy atom.